The van der Waals surface area contributed by atoms with Gasteiger partial charge in [-0.05, 0) is 30.0 Å². The quantitative estimate of drug-likeness (QED) is 0.755. The normalized spacial score (nSPS) is 11.4. The number of rotatable bonds is 9. The zero-order chi connectivity index (χ0) is 15.0. The number of hydrogen-bond acceptors (Lipinski definition) is 4. The van der Waals surface area contributed by atoms with E-state index in [-0.39, 0.29) is 5.41 Å². The van der Waals surface area contributed by atoms with Crippen LogP contribution in [0.3, 0.4) is 0 Å². The standard InChI is InChI=1S/C16H27NO3/c1-16(2,8-9-18-3)12-17-11-13-10-14(19-4)6-7-15(13)20-5/h6-7,10,17H,8-9,11-12H2,1-5H3. The molecule has 20 heavy (non-hydrogen) atoms. The summed E-state index contributed by atoms with van der Waals surface area (Å²) in [5.74, 6) is 1.73. The number of methoxy groups -OCH3 is 3. The molecule has 0 spiro atoms. The van der Waals surface area contributed by atoms with Crippen molar-refractivity contribution in [1.29, 1.82) is 0 Å². The van der Waals surface area contributed by atoms with Gasteiger partial charge in [0.25, 0.3) is 0 Å². The highest BCUT2D eigenvalue weighted by Crippen LogP contribution is 2.24. The molecule has 4 heteroatoms. The molecule has 0 saturated carbocycles. The summed E-state index contributed by atoms with van der Waals surface area (Å²) in [4.78, 5) is 0. The van der Waals surface area contributed by atoms with Crippen molar-refractivity contribution in [3.63, 3.8) is 0 Å². The van der Waals surface area contributed by atoms with E-state index in [0.29, 0.717) is 0 Å². The van der Waals surface area contributed by atoms with E-state index in [9.17, 15) is 0 Å². The fourth-order valence-electron chi connectivity index (χ4n) is 2.02. The van der Waals surface area contributed by atoms with E-state index < -0.39 is 0 Å². The largest absolute Gasteiger partial charge is 0.497 e. The molecule has 1 aromatic rings. The van der Waals surface area contributed by atoms with Gasteiger partial charge in [-0.2, -0.15) is 0 Å². The molecule has 0 saturated heterocycles. The van der Waals surface area contributed by atoms with Gasteiger partial charge < -0.3 is 19.5 Å². The molecule has 114 valence electrons. The molecular weight excluding hydrogens is 254 g/mol. The molecule has 4 nitrogen and oxygen atoms in total. The Kier molecular flexibility index (Phi) is 6.82. The second-order valence-electron chi connectivity index (χ2n) is 5.69. The lowest BCUT2D eigenvalue weighted by atomic mass is 9.89. The highest BCUT2D eigenvalue weighted by atomic mass is 16.5. The summed E-state index contributed by atoms with van der Waals surface area (Å²) in [5, 5.41) is 3.49. The third kappa shape index (κ3) is 5.39. The van der Waals surface area contributed by atoms with Crippen LogP contribution < -0.4 is 14.8 Å². The first kappa shape index (κ1) is 16.8. The van der Waals surface area contributed by atoms with Crippen LogP contribution in [0.5, 0.6) is 11.5 Å². The van der Waals surface area contributed by atoms with Gasteiger partial charge in [-0.15, -0.1) is 0 Å². The maximum absolute atomic E-state index is 5.38. The predicted octanol–water partition coefficient (Wildman–Crippen LogP) is 2.86. The van der Waals surface area contributed by atoms with Gasteiger partial charge in [0.05, 0.1) is 14.2 Å². The summed E-state index contributed by atoms with van der Waals surface area (Å²) < 4.78 is 15.8. The Balaban J connectivity index is 2.56. The monoisotopic (exact) mass is 281 g/mol. The van der Waals surface area contributed by atoms with E-state index in [1.165, 1.54) is 0 Å². The molecule has 0 aliphatic carbocycles. The van der Waals surface area contributed by atoms with E-state index in [4.69, 9.17) is 14.2 Å². The van der Waals surface area contributed by atoms with Gasteiger partial charge >= 0.3 is 0 Å². The lowest BCUT2D eigenvalue weighted by Gasteiger charge is -2.25. The summed E-state index contributed by atoms with van der Waals surface area (Å²) >= 11 is 0. The second-order valence-corrected chi connectivity index (χ2v) is 5.69. The molecule has 1 N–H and O–H groups in total. The van der Waals surface area contributed by atoms with E-state index >= 15 is 0 Å². The van der Waals surface area contributed by atoms with Crippen molar-refractivity contribution >= 4 is 0 Å². The maximum Gasteiger partial charge on any atom is 0.123 e. The average Bonchev–Trinajstić information content (AvgIpc) is 2.45. The first-order valence-electron chi connectivity index (χ1n) is 6.93. The Morgan fingerprint density at radius 2 is 1.85 bits per heavy atom. The highest BCUT2D eigenvalue weighted by Gasteiger charge is 2.17. The molecule has 0 atom stereocenters. The lowest BCUT2D eigenvalue weighted by molar-refractivity contribution is 0.150. The minimum atomic E-state index is 0.210. The molecule has 1 aromatic carbocycles. The average molecular weight is 281 g/mol. The summed E-state index contributed by atoms with van der Waals surface area (Å²) in [5.41, 5.74) is 1.32. The fourth-order valence-corrected chi connectivity index (χ4v) is 2.02. The van der Waals surface area contributed by atoms with Gasteiger partial charge in [-0.1, -0.05) is 13.8 Å². The van der Waals surface area contributed by atoms with Crippen molar-refractivity contribution in [3.05, 3.63) is 23.8 Å². The Hall–Kier alpha value is -1.26. The zero-order valence-corrected chi connectivity index (χ0v) is 13.3. The smallest absolute Gasteiger partial charge is 0.123 e. The third-order valence-corrected chi connectivity index (χ3v) is 3.39. The first-order valence-corrected chi connectivity index (χ1v) is 6.93. The minimum absolute atomic E-state index is 0.210. The number of benzene rings is 1. The van der Waals surface area contributed by atoms with Crippen molar-refractivity contribution in [2.24, 2.45) is 5.41 Å². The first-order chi connectivity index (χ1) is 9.52. The van der Waals surface area contributed by atoms with Crippen LogP contribution in [-0.2, 0) is 11.3 Å². The van der Waals surface area contributed by atoms with Crippen LogP contribution in [0.15, 0.2) is 18.2 Å². The topological polar surface area (TPSA) is 39.7 Å². The van der Waals surface area contributed by atoms with Crippen molar-refractivity contribution in [1.82, 2.24) is 5.32 Å². The Morgan fingerprint density at radius 1 is 1.10 bits per heavy atom. The molecule has 0 amide bonds. The molecule has 0 aliphatic rings. The van der Waals surface area contributed by atoms with Gasteiger partial charge in [-0.25, -0.2) is 0 Å². The highest BCUT2D eigenvalue weighted by molar-refractivity contribution is 5.40. The van der Waals surface area contributed by atoms with E-state index in [2.05, 4.69) is 19.2 Å². The van der Waals surface area contributed by atoms with Crippen LogP contribution in [0.25, 0.3) is 0 Å². The van der Waals surface area contributed by atoms with Crippen molar-refractivity contribution in [2.45, 2.75) is 26.8 Å². The molecule has 0 bridgehead atoms. The Labute approximate surface area is 122 Å². The predicted molar refractivity (Wildman–Crippen MR) is 81.5 cm³/mol. The van der Waals surface area contributed by atoms with Gasteiger partial charge in [0.1, 0.15) is 11.5 Å². The Morgan fingerprint density at radius 3 is 2.45 bits per heavy atom. The molecule has 0 radical (unpaired) electrons. The molecule has 0 aromatic heterocycles. The molecule has 0 fully saturated rings. The van der Waals surface area contributed by atoms with Crippen molar-refractivity contribution < 1.29 is 14.2 Å². The molecule has 0 heterocycles. The van der Waals surface area contributed by atoms with Crippen LogP contribution in [-0.4, -0.2) is 34.5 Å². The lowest BCUT2D eigenvalue weighted by Crippen LogP contribution is -2.30. The fraction of sp³-hybridized carbons (Fsp3) is 0.625. The van der Waals surface area contributed by atoms with Crippen LogP contribution >= 0.6 is 0 Å². The summed E-state index contributed by atoms with van der Waals surface area (Å²) in [6.45, 7) is 6.95. The molecule has 0 unspecified atom stereocenters. The van der Waals surface area contributed by atoms with Gasteiger partial charge in [0.15, 0.2) is 0 Å². The van der Waals surface area contributed by atoms with Crippen molar-refractivity contribution in [3.8, 4) is 11.5 Å². The van der Waals surface area contributed by atoms with Gasteiger partial charge in [0.2, 0.25) is 0 Å². The van der Waals surface area contributed by atoms with E-state index in [0.717, 1.165) is 43.2 Å². The van der Waals surface area contributed by atoms with Crippen LogP contribution in [0, 0.1) is 5.41 Å². The molecule has 1 rings (SSSR count). The van der Waals surface area contributed by atoms with Crippen LogP contribution in [0.2, 0.25) is 0 Å². The zero-order valence-electron chi connectivity index (χ0n) is 13.3. The number of nitrogens with one attached hydrogen (secondary N) is 1. The van der Waals surface area contributed by atoms with Crippen LogP contribution in [0.1, 0.15) is 25.8 Å². The second kappa shape index (κ2) is 8.12. The van der Waals surface area contributed by atoms with Gasteiger partial charge in [0, 0.05) is 32.4 Å². The summed E-state index contributed by atoms with van der Waals surface area (Å²) in [7, 11) is 5.10. The number of hydrogen-bond donors (Lipinski definition) is 1. The van der Waals surface area contributed by atoms with Crippen molar-refractivity contribution in [2.75, 3.05) is 34.5 Å². The minimum Gasteiger partial charge on any atom is -0.497 e. The van der Waals surface area contributed by atoms with E-state index in [1.807, 2.05) is 18.2 Å². The SMILES string of the molecule is COCCC(C)(C)CNCc1cc(OC)ccc1OC. The number of ether oxygens (including phenoxy) is 3. The maximum atomic E-state index is 5.38. The van der Waals surface area contributed by atoms with Gasteiger partial charge in [-0.3, -0.25) is 0 Å². The summed E-state index contributed by atoms with van der Waals surface area (Å²) in [6.07, 6.45) is 1.03. The molecule has 0 aliphatic heterocycles. The Bertz CT molecular complexity index is 405. The third-order valence-electron chi connectivity index (χ3n) is 3.39. The van der Waals surface area contributed by atoms with E-state index in [1.54, 1.807) is 21.3 Å². The molecular formula is C16H27NO3. The van der Waals surface area contributed by atoms with Crippen LogP contribution in [0.4, 0.5) is 0 Å². The summed E-state index contributed by atoms with van der Waals surface area (Å²) in [6, 6.07) is 5.85.